The lowest BCUT2D eigenvalue weighted by Gasteiger charge is -2.14. The Kier molecular flexibility index (Phi) is 9.26. The van der Waals surface area contributed by atoms with Gasteiger partial charge in [0.05, 0.1) is 52.3 Å². The summed E-state index contributed by atoms with van der Waals surface area (Å²) in [6, 6.07) is 5.61. The summed E-state index contributed by atoms with van der Waals surface area (Å²) in [6.45, 7) is -1.67. The highest BCUT2D eigenvalue weighted by molar-refractivity contribution is 5.91. The van der Waals surface area contributed by atoms with Crippen LogP contribution in [0.15, 0.2) is 24.3 Å². The number of carbonyl (C=O) groups is 2. The number of esters is 2. The zero-order valence-electron chi connectivity index (χ0n) is 18.0. The van der Waals surface area contributed by atoms with Gasteiger partial charge in [-0.25, -0.2) is 9.59 Å². The molecule has 174 valence electrons. The van der Waals surface area contributed by atoms with E-state index in [-0.39, 0.29) is 35.8 Å². The molecular weight excluding hydrogens is 424 g/mol. The van der Waals surface area contributed by atoms with Gasteiger partial charge in [0.1, 0.15) is 13.2 Å². The van der Waals surface area contributed by atoms with Crippen molar-refractivity contribution in [3.05, 3.63) is 52.1 Å². The second-order valence-corrected chi connectivity index (χ2v) is 6.43. The van der Waals surface area contributed by atoms with Gasteiger partial charge in [0.25, 0.3) is 0 Å². The predicted molar refractivity (Wildman–Crippen MR) is 111 cm³/mol. The van der Waals surface area contributed by atoms with Crippen LogP contribution in [0.5, 0.6) is 17.2 Å². The Labute approximate surface area is 184 Å². The Morgan fingerprint density at radius 3 is 1.47 bits per heavy atom. The van der Waals surface area contributed by atoms with Gasteiger partial charge in [-0.1, -0.05) is 0 Å². The molecule has 2 aromatic carbocycles. The number of aliphatic hydroxyl groups is 3. The quantitative estimate of drug-likeness (QED) is 0.338. The molecule has 3 N–H and O–H groups in total. The highest BCUT2D eigenvalue weighted by Crippen LogP contribution is 2.38. The minimum absolute atomic E-state index is 0.0891. The average Bonchev–Trinajstić information content (AvgIpc) is 2.83. The van der Waals surface area contributed by atoms with E-state index in [4.69, 9.17) is 23.7 Å². The van der Waals surface area contributed by atoms with Crippen LogP contribution >= 0.6 is 0 Å². The Hall–Kier alpha value is -3.34. The monoisotopic (exact) mass is 450 g/mol. The second kappa shape index (κ2) is 11.9. The Bertz CT molecular complexity index is 826. The molecule has 2 rings (SSSR count). The molecule has 0 bridgehead atoms. The van der Waals surface area contributed by atoms with Gasteiger partial charge in [0, 0.05) is 0 Å². The van der Waals surface area contributed by atoms with Gasteiger partial charge < -0.3 is 39.0 Å². The fourth-order valence-electron chi connectivity index (χ4n) is 3.03. The Balaban J connectivity index is 2.00. The van der Waals surface area contributed by atoms with Crippen molar-refractivity contribution in [2.75, 3.05) is 34.5 Å². The van der Waals surface area contributed by atoms with Gasteiger partial charge >= 0.3 is 11.9 Å². The Morgan fingerprint density at radius 2 is 1.12 bits per heavy atom. The fourth-order valence-corrected chi connectivity index (χ4v) is 3.03. The van der Waals surface area contributed by atoms with Crippen LogP contribution in [0.3, 0.4) is 0 Å². The Morgan fingerprint density at radius 1 is 0.688 bits per heavy atom. The molecule has 0 aliphatic rings. The molecule has 0 unspecified atom stereocenters. The number of hydrogen-bond acceptors (Lipinski definition) is 10. The molecule has 0 heterocycles. The maximum atomic E-state index is 12.3. The SMILES string of the molecule is COc1cc(C(=O)OCCOC(=O)c2cc(CO)c(CO)c(CO)c2)cc(OC)c1OC. The normalized spacial score (nSPS) is 10.4. The smallest absolute Gasteiger partial charge is 0.338 e. The molecule has 10 nitrogen and oxygen atoms in total. The highest BCUT2D eigenvalue weighted by Gasteiger charge is 2.19. The van der Waals surface area contributed by atoms with Crippen LogP contribution in [0, 0.1) is 0 Å². The molecule has 0 aliphatic heterocycles. The third-order valence-electron chi connectivity index (χ3n) is 4.62. The highest BCUT2D eigenvalue weighted by atomic mass is 16.6. The molecule has 10 heteroatoms. The van der Waals surface area contributed by atoms with E-state index in [1.54, 1.807) is 0 Å². The summed E-state index contributed by atoms with van der Waals surface area (Å²) in [5, 5.41) is 28.3. The van der Waals surface area contributed by atoms with Crippen molar-refractivity contribution >= 4 is 11.9 Å². The fraction of sp³-hybridized carbons (Fsp3) is 0.364. The van der Waals surface area contributed by atoms with Crippen molar-refractivity contribution in [1.82, 2.24) is 0 Å². The topological polar surface area (TPSA) is 141 Å². The largest absolute Gasteiger partial charge is 0.493 e. The number of ether oxygens (including phenoxy) is 5. The van der Waals surface area contributed by atoms with E-state index >= 15 is 0 Å². The first kappa shape index (κ1) is 24.9. The minimum atomic E-state index is -0.734. The van der Waals surface area contributed by atoms with Crippen molar-refractivity contribution in [1.29, 1.82) is 0 Å². The van der Waals surface area contributed by atoms with E-state index in [9.17, 15) is 24.9 Å². The van der Waals surface area contributed by atoms with Gasteiger partial charge in [-0.3, -0.25) is 0 Å². The lowest BCUT2D eigenvalue weighted by atomic mass is 9.98. The van der Waals surface area contributed by atoms with Gasteiger partial charge in [0.15, 0.2) is 11.5 Å². The number of methoxy groups -OCH3 is 3. The summed E-state index contributed by atoms with van der Waals surface area (Å²) in [4.78, 5) is 24.6. The molecule has 0 saturated heterocycles. The first-order chi connectivity index (χ1) is 15.4. The molecule has 2 aromatic rings. The van der Waals surface area contributed by atoms with E-state index < -0.39 is 31.8 Å². The summed E-state index contributed by atoms with van der Waals surface area (Å²) in [5.74, 6) is -0.510. The van der Waals surface area contributed by atoms with Gasteiger partial charge in [-0.2, -0.15) is 0 Å². The van der Waals surface area contributed by atoms with Crippen LogP contribution < -0.4 is 14.2 Å². The summed E-state index contributed by atoms with van der Waals surface area (Å²) < 4.78 is 25.8. The molecule has 0 spiro atoms. The molecule has 0 radical (unpaired) electrons. The van der Waals surface area contributed by atoms with Crippen molar-refractivity contribution in [2.24, 2.45) is 0 Å². The van der Waals surface area contributed by atoms with Crippen molar-refractivity contribution in [3.63, 3.8) is 0 Å². The maximum Gasteiger partial charge on any atom is 0.338 e. The standard InChI is InChI=1S/C22H26O10/c1-28-18-8-14(9-19(29-2)20(18)30-3)22(27)32-5-4-31-21(26)13-6-15(10-23)17(12-25)16(7-13)11-24/h6-9,23-25H,4-5,10-12H2,1-3H3. The maximum absolute atomic E-state index is 12.3. The van der Waals surface area contributed by atoms with E-state index in [2.05, 4.69) is 0 Å². The molecule has 0 amide bonds. The van der Waals surface area contributed by atoms with E-state index in [1.807, 2.05) is 0 Å². The van der Waals surface area contributed by atoms with Crippen molar-refractivity contribution < 1.29 is 48.6 Å². The third-order valence-corrected chi connectivity index (χ3v) is 4.62. The van der Waals surface area contributed by atoms with Gasteiger partial charge in [-0.15, -0.1) is 0 Å². The predicted octanol–water partition coefficient (Wildman–Crippen LogP) is 1.20. The van der Waals surface area contributed by atoms with Crippen LogP contribution in [-0.2, 0) is 29.3 Å². The van der Waals surface area contributed by atoms with Gasteiger partial charge in [0.2, 0.25) is 5.75 Å². The lowest BCUT2D eigenvalue weighted by molar-refractivity contribution is 0.0265. The molecule has 0 aliphatic carbocycles. The zero-order chi connectivity index (χ0) is 23.7. The first-order valence-corrected chi connectivity index (χ1v) is 9.55. The number of benzene rings is 2. The lowest BCUT2D eigenvalue weighted by Crippen LogP contribution is -2.15. The van der Waals surface area contributed by atoms with Crippen molar-refractivity contribution in [3.8, 4) is 17.2 Å². The average molecular weight is 450 g/mol. The van der Waals surface area contributed by atoms with Crippen molar-refractivity contribution in [2.45, 2.75) is 19.8 Å². The van der Waals surface area contributed by atoms with E-state index in [0.29, 0.717) is 22.4 Å². The number of hydrogen-bond donors (Lipinski definition) is 3. The molecule has 0 fully saturated rings. The third kappa shape index (κ3) is 5.67. The van der Waals surface area contributed by atoms with Crippen LogP contribution in [0.2, 0.25) is 0 Å². The second-order valence-electron chi connectivity index (χ2n) is 6.43. The summed E-state index contributed by atoms with van der Waals surface area (Å²) in [5.41, 5.74) is 1.21. The molecular formula is C22H26O10. The van der Waals surface area contributed by atoms with Crippen LogP contribution in [0.25, 0.3) is 0 Å². The zero-order valence-corrected chi connectivity index (χ0v) is 18.0. The number of aliphatic hydroxyl groups excluding tert-OH is 3. The van der Waals surface area contributed by atoms with Crippen LogP contribution in [0.4, 0.5) is 0 Å². The van der Waals surface area contributed by atoms with Gasteiger partial charge in [-0.05, 0) is 41.0 Å². The molecule has 0 atom stereocenters. The summed E-state index contributed by atoms with van der Waals surface area (Å²) >= 11 is 0. The van der Waals surface area contributed by atoms with Crippen LogP contribution in [-0.4, -0.2) is 61.8 Å². The van der Waals surface area contributed by atoms with Crippen LogP contribution in [0.1, 0.15) is 37.4 Å². The van der Waals surface area contributed by atoms with E-state index in [0.717, 1.165) is 0 Å². The minimum Gasteiger partial charge on any atom is -0.493 e. The number of carbonyl (C=O) groups excluding carboxylic acids is 2. The van der Waals surface area contributed by atoms with E-state index in [1.165, 1.54) is 45.6 Å². The summed E-state index contributed by atoms with van der Waals surface area (Å²) in [7, 11) is 4.28. The summed E-state index contributed by atoms with van der Waals surface area (Å²) in [6.07, 6.45) is 0. The molecule has 0 saturated carbocycles. The first-order valence-electron chi connectivity index (χ1n) is 9.55. The molecule has 0 aromatic heterocycles. The number of rotatable bonds is 11. The molecule has 32 heavy (non-hydrogen) atoms.